The number of hydrogen-bond donors (Lipinski definition) is 1. The number of nitrogens with one attached hydrogen (secondary N) is 1. The highest BCUT2D eigenvalue weighted by molar-refractivity contribution is 6.30. The first-order valence-electron chi connectivity index (χ1n) is 8.43. The molecule has 0 saturated heterocycles. The fourth-order valence-electron chi connectivity index (χ4n) is 2.54. The molecule has 2 atom stereocenters. The summed E-state index contributed by atoms with van der Waals surface area (Å²) in [4.78, 5) is 12.6. The van der Waals surface area contributed by atoms with E-state index in [-0.39, 0.29) is 11.9 Å². The molecular formula is C20H24ClNO4. The first-order chi connectivity index (χ1) is 12.5. The minimum absolute atomic E-state index is 0.185. The van der Waals surface area contributed by atoms with E-state index in [2.05, 4.69) is 5.32 Å². The molecule has 0 saturated carbocycles. The van der Waals surface area contributed by atoms with E-state index in [1.54, 1.807) is 38.5 Å². The van der Waals surface area contributed by atoms with Gasteiger partial charge in [-0.15, -0.1) is 0 Å². The number of benzene rings is 2. The van der Waals surface area contributed by atoms with Crippen LogP contribution in [0.15, 0.2) is 42.5 Å². The minimum atomic E-state index is -0.601. The van der Waals surface area contributed by atoms with Crippen LogP contribution in [0.5, 0.6) is 17.2 Å². The summed E-state index contributed by atoms with van der Waals surface area (Å²) in [5.74, 6) is 1.65. The number of amides is 1. The Balaban J connectivity index is 2.06. The molecule has 26 heavy (non-hydrogen) atoms. The van der Waals surface area contributed by atoms with E-state index < -0.39 is 6.10 Å². The number of rotatable bonds is 8. The van der Waals surface area contributed by atoms with Crippen LogP contribution < -0.4 is 19.5 Å². The molecule has 2 aromatic rings. The Hall–Kier alpha value is -2.40. The molecule has 0 bridgehead atoms. The summed E-state index contributed by atoms with van der Waals surface area (Å²) in [6, 6.07) is 12.4. The van der Waals surface area contributed by atoms with Gasteiger partial charge in [-0.05, 0) is 49.2 Å². The fourth-order valence-corrected chi connectivity index (χ4v) is 2.72. The van der Waals surface area contributed by atoms with Gasteiger partial charge in [-0.3, -0.25) is 4.79 Å². The van der Waals surface area contributed by atoms with Gasteiger partial charge in [-0.2, -0.15) is 0 Å². The third-order valence-corrected chi connectivity index (χ3v) is 4.24. The molecule has 6 heteroatoms. The Morgan fingerprint density at radius 1 is 1.12 bits per heavy atom. The molecule has 0 aliphatic carbocycles. The smallest absolute Gasteiger partial charge is 0.261 e. The summed E-state index contributed by atoms with van der Waals surface area (Å²) < 4.78 is 16.3. The number of halogens is 1. The molecule has 0 spiro atoms. The summed E-state index contributed by atoms with van der Waals surface area (Å²) in [6.45, 7) is 3.81. The average molecular weight is 378 g/mol. The van der Waals surface area contributed by atoms with Gasteiger partial charge >= 0.3 is 0 Å². The number of hydrogen-bond acceptors (Lipinski definition) is 4. The highest BCUT2D eigenvalue weighted by Gasteiger charge is 2.21. The molecule has 0 aliphatic rings. The van der Waals surface area contributed by atoms with E-state index in [1.165, 1.54) is 0 Å². The molecule has 2 rings (SSSR count). The van der Waals surface area contributed by atoms with Crippen molar-refractivity contribution in [2.24, 2.45) is 0 Å². The first-order valence-corrected chi connectivity index (χ1v) is 8.80. The zero-order chi connectivity index (χ0) is 19.1. The lowest BCUT2D eigenvalue weighted by atomic mass is 10.1. The lowest BCUT2D eigenvalue weighted by Gasteiger charge is -2.21. The molecule has 0 fully saturated rings. The van der Waals surface area contributed by atoms with Gasteiger partial charge in [0.15, 0.2) is 17.6 Å². The highest BCUT2D eigenvalue weighted by Crippen LogP contribution is 2.30. The summed E-state index contributed by atoms with van der Waals surface area (Å²) in [5, 5.41) is 3.54. The van der Waals surface area contributed by atoms with Gasteiger partial charge in [-0.25, -0.2) is 0 Å². The second-order valence-corrected chi connectivity index (χ2v) is 6.25. The topological polar surface area (TPSA) is 56.8 Å². The Bertz CT molecular complexity index is 750. The molecule has 1 amide bonds. The van der Waals surface area contributed by atoms with Crippen LogP contribution >= 0.6 is 11.6 Å². The van der Waals surface area contributed by atoms with Gasteiger partial charge in [0.1, 0.15) is 5.75 Å². The number of methoxy groups -OCH3 is 2. The van der Waals surface area contributed by atoms with Gasteiger partial charge < -0.3 is 19.5 Å². The van der Waals surface area contributed by atoms with Crippen LogP contribution in [0.25, 0.3) is 0 Å². The van der Waals surface area contributed by atoms with Crippen LogP contribution in [-0.4, -0.2) is 26.2 Å². The van der Waals surface area contributed by atoms with E-state index in [0.29, 0.717) is 28.7 Å². The molecule has 5 nitrogen and oxygen atoms in total. The van der Waals surface area contributed by atoms with Gasteiger partial charge in [0.2, 0.25) is 0 Å². The van der Waals surface area contributed by atoms with Crippen LogP contribution in [0, 0.1) is 0 Å². The van der Waals surface area contributed by atoms with Gasteiger partial charge in [0, 0.05) is 5.02 Å². The van der Waals surface area contributed by atoms with E-state index in [1.807, 2.05) is 32.0 Å². The van der Waals surface area contributed by atoms with Crippen LogP contribution in [0.2, 0.25) is 5.02 Å². The van der Waals surface area contributed by atoms with Crippen molar-refractivity contribution in [2.75, 3.05) is 14.2 Å². The molecule has 0 aromatic heterocycles. The SMILES string of the molecule is CCC(Oc1cccc(Cl)c1)C(=O)NC(C)c1ccc(OC)c(OC)c1. The number of ether oxygens (including phenoxy) is 3. The van der Waals surface area contributed by atoms with Crippen LogP contribution in [0.4, 0.5) is 0 Å². The Morgan fingerprint density at radius 2 is 1.85 bits per heavy atom. The molecule has 140 valence electrons. The third kappa shape index (κ3) is 5.05. The van der Waals surface area contributed by atoms with Crippen LogP contribution in [0.1, 0.15) is 31.9 Å². The third-order valence-electron chi connectivity index (χ3n) is 4.00. The predicted octanol–water partition coefficient (Wildman–Crippen LogP) is 4.39. The summed E-state index contributed by atoms with van der Waals surface area (Å²) in [7, 11) is 3.17. The van der Waals surface area contributed by atoms with E-state index in [4.69, 9.17) is 25.8 Å². The molecule has 0 aliphatic heterocycles. The van der Waals surface area contributed by atoms with Crippen molar-refractivity contribution in [3.63, 3.8) is 0 Å². The Labute approximate surface area is 159 Å². The molecule has 0 radical (unpaired) electrons. The summed E-state index contributed by atoms with van der Waals surface area (Å²) in [5.41, 5.74) is 0.911. The van der Waals surface area contributed by atoms with E-state index in [0.717, 1.165) is 5.56 Å². The van der Waals surface area contributed by atoms with E-state index >= 15 is 0 Å². The standard InChI is InChI=1S/C20H24ClNO4/c1-5-17(26-16-8-6-7-15(21)12-16)20(23)22-13(2)14-9-10-18(24-3)19(11-14)25-4/h6-13,17H,5H2,1-4H3,(H,22,23). The van der Waals surface area contributed by atoms with Crippen molar-refractivity contribution >= 4 is 17.5 Å². The normalized spacial score (nSPS) is 12.8. The van der Waals surface area contributed by atoms with E-state index in [9.17, 15) is 4.79 Å². The van der Waals surface area contributed by atoms with Gasteiger partial charge in [0.25, 0.3) is 5.91 Å². The zero-order valence-electron chi connectivity index (χ0n) is 15.4. The maximum absolute atomic E-state index is 12.6. The van der Waals surface area contributed by atoms with Crippen molar-refractivity contribution in [3.05, 3.63) is 53.1 Å². The molecule has 0 heterocycles. The van der Waals surface area contributed by atoms with Crippen molar-refractivity contribution in [1.82, 2.24) is 5.32 Å². The second-order valence-electron chi connectivity index (χ2n) is 5.82. The lowest BCUT2D eigenvalue weighted by Crippen LogP contribution is -2.39. The zero-order valence-corrected chi connectivity index (χ0v) is 16.2. The highest BCUT2D eigenvalue weighted by atomic mass is 35.5. The largest absolute Gasteiger partial charge is 0.493 e. The second kappa shape index (κ2) is 9.34. The number of carbonyl (C=O) groups excluding carboxylic acids is 1. The first kappa shape index (κ1) is 19.9. The molecule has 2 unspecified atom stereocenters. The molecule has 1 N–H and O–H groups in total. The van der Waals surface area contributed by atoms with Crippen molar-refractivity contribution < 1.29 is 19.0 Å². The molecular weight excluding hydrogens is 354 g/mol. The maximum atomic E-state index is 12.6. The van der Waals surface area contributed by atoms with Crippen molar-refractivity contribution in [2.45, 2.75) is 32.4 Å². The average Bonchev–Trinajstić information content (AvgIpc) is 2.65. The summed E-state index contributed by atoms with van der Waals surface area (Å²) >= 11 is 5.97. The van der Waals surface area contributed by atoms with Crippen LogP contribution in [0.3, 0.4) is 0 Å². The fraction of sp³-hybridized carbons (Fsp3) is 0.350. The molecule has 2 aromatic carbocycles. The van der Waals surface area contributed by atoms with Gasteiger partial charge in [0.05, 0.1) is 20.3 Å². The number of carbonyl (C=O) groups is 1. The Morgan fingerprint density at radius 3 is 2.46 bits per heavy atom. The lowest BCUT2D eigenvalue weighted by molar-refractivity contribution is -0.128. The van der Waals surface area contributed by atoms with Crippen molar-refractivity contribution in [1.29, 1.82) is 0 Å². The van der Waals surface area contributed by atoms with Crippen molar-refractivity contribution in [3.8, 4) is 17.2 Å². The monoisotopic (exact) mass is 377 g/mol. The Kier molecular flexibility index (Phi) is 7.16. The minimum Gasteiger partial charge on any atom is -0.493 e. The van der Waals surface area contributed by atoms with Crippen LogP contribution in [-0.2, 0) is 4.79 Å². The van der Waals surface area contributed by atoms with Gasteiger partial charge in [-0.1, -0.05) is 30.7 Å². The summed E-state index contributed by atoms with van der Waals surface area (Å²) in [6.07, 6.45) is -0.0622. The predicted molar refractivity (Wildman–Crippen MR) is 102 cm³/mol. The maximum Gasteiger partial charge on any atom is 0.261 e. The quantitative estimate of drug-likeness (QED) is 0.741.